The fourth-order valence-corrected chi connectivity index (χ4v) is 2.91. The predicted molar refractivity (Wildman–Crippen MR) is 58.6 cm³/mol. The van der Waals surface area contributed by atoms with Crippen LogP contribution in [0.1, 0.15) is 33.1 Å². The van der Waals surface area contributed by atoms with Gasteiger partial charge in [-0.05, 0) is 19.3 Å². The summed E-state index contributed by atoms with van der Waals surface area (Å²) >= 11 is 0. The number of carbonyl (C=O) groups is 2. The van der Waals surface area contributed by atoms with Gasteiger partial charge >= 0.3 is 5.97 Å². The molecule has 16 heavy (non-hydrogen) atoms. The Hall–Kier alpha value is -1.06. The van der Waals surface area contributed by atoms with Gasteiger partial charge in [0.25, 0.3) is 0 Å². The fourth-order valence-electron chi connectivity index (χ4n) is 2.91. The highest BCUT2D eigenvalue weighted by Crippen LogP contribution is 2.40. The zero-order valence-corrected chi connectivity index (χ0v) is 10.2. The lowest BCUT2D eigenvalue weighted by atomic mass is 9.87. The van der Waals surface area contributed by atoms with Gasteiger partial charge in [-0.3, -0.25) is 9.59 Å². The maximum atomic E-state index is 12.1. The molecular formula is C12H19NO3. The quantitative estimate of drug-likeness (QED) is 0.630. The van der Waals surface area contributed by atoms with Gasteiger partial charge in [0, 0.05) is 18.0 Å². The summed E-state index contributed by atoms with van der Waals surface area (Å²) in [6, 6.07) is 0.336. The number of fused-ring (bicyclic) bond motifs is 1. The van der Waals surface area contributed by atoms with Crippen LogP contribution in [0.25, 0.3) is 0 Å². The van der Waals surface area contributed by atoms with Crippen LogP contribution in [0.4, 0.5) is 0 Å². The summed E-state index contributed by atoms with van der Waals surface area (Å²) < 4.78 is 4.75. The largest absolute Gasteiger partial charge is 0.469 e. The zero-order chi connectivity index (χ0) is 11.9. The smallest absolute Gasteiger partial charge is 0.310 e. The molecule has 2 atom stereocenters. The lowest BCUT2D eigenvalue weighted by Crippen LogP contribution is -2.45. The third-order valence-electron chi connectivity index (χ3n) is 3.83. The van der Waals surface area contributed by atoms with Gasteiger partial charge < -0.3 is 9.64 Å². The minimum Gasteiger partial charge on any atom is -0.469 e. The molecule has 2 rings (SSSR count). The van der Waals surface area contributed by atoms with Crippen LogP contribution in [-0.2, 0) is 14.3 Å². The molecule has 2 saturated heterocycles. The first-order chi connectivity index (χ1) is 7.45. The van der Waals surface area contributed by atoms with Gasteiger partial charge in [0.1, 0.15) is 0 Å². The molecule has 0 spiro atoms. The summed E-state index contributed by atoms with van der Waals surface area (Å²) in [6.07, 6.45) is 2.69. The fraction of sp³-hybridized carbons (Fsp3) is 0.833. The van der Waals surface area contributed by atoms with Gasteiger partial charge in [-0.25, -0.2) is 0 Å². The van der Waals surface area contributed by atoms with Crippen molar-refractivity contribution in [1.82, 2.24) is 4.90 Å². The van der Waals surface area contributed by atoms with Crippen molar-refractivity contribution < 1.29 is 14.3 Å². The Labute approximate surface area is 95.9 Å². The number of ether oxygens (including phenoxy) is 1. The van der Waals surface area contributed by atoms with Gasteiger partial charge in [0.15, 0.2) is 0 Å². The van der Waals surface area contributed by atoms with Gasteiger partial charge in [-0.2, -0.15) is 0 Å². The molecule has 4 nitrogen and oxygen atoms in total. The molecule has 0 bridgehead atoms. The highest BCUT2D eigenvalue weighted by atomic mass is 16.5. The van der Waals surface area contributed by atoms with Crippen LogP contribution in [0.5, 0.6) is 0 Å². The number of esters is 1. The number of rotatable bonds is 1. The van der Waals surface area contributed by atoms with E-state index < -0.39 is 0 Å². The van der Waals surface area contributed by atoms with E-state index in [-0.39, 0.29) is 23.2 Å². The summed E-state index contributed by atoms with van der Waals surface area (Å²) in [4.78, 5) is 25.4. The van der Waals surface area contributed by atoms with E-state index in [4.69, 9.17) is 4.74 Å². The van der Waals surface area contributed by atoms with E-state index >= 15 is 0 Å². The van der Waals surface area contributed by atoms with E-state index in [0.717, 1.165) is 19.3 Å². The Morgan fingerprint density at radius 3 is 2.75 bits per heavy atom. The van der Waals surface area contributed by atoms with Gasteiger partial charge in [0.05, 0.1) is 13.0 Å². The van der Waals surface area contributed by atoms with Gasteiger partial charge in [0.2, 0.25) is 5.91 Å². The highest BCUT2D eigenvalue weighted by molar-refractivity contribution is 5.85. The van der Waals surface area contributed by atoms with Crippen molar-refractivity contribution in [2.24, 2.45) is 11.3 Å². The Morgan fingerprint density at radius 2 is 2.12 bits per heavy atom. The first-order valence-electron chi connectivity index (χ1n) is 5.84. The summed E-state index contributed by atoms with van der Waals surface area (Å²) in [7, 11) is 1.41. The number of amides is 1. The molecule has 2 aliphatic heterocycles. The van der Waals surface area contributed by atoms with Gasteiger partial charge in [-0.15, -0.1) is 0 Å². The first kappa shape index (κ1) is 11.4. The molecule has 0 N–H and O–H groups in total. The predicted octanol–water partition coefficient (Wildman–Crippen LogP) is 1.20. The van der Waals surface area contributed by atoms with Crippen LogP contribution in [0, 0.1) is 11.3 Å². The second kappa shape index (κ2) is 3.75. The highest BCUT2D eigenvalue weighted by Gasteiger charge is 2.48. The van der Waals surface area contributed by atoms with E-state index in [1.54, 1.807) is 0 Å². The number of carbonyl (C=O) groups excluding carboxylic acids is 2. The monoisotopic (exact) mass is 225 g/mol. The second-order valence-electron chi connectivity index (χ2n) is 5.50. The maximum absolute atomic E-state index is 12.1. The van der Waals surface area contributed by atoms with Crippen LogP contribution < -0.4 is 0 Å². The van der Waals surface area contributed by atoms with E-state index in [2.05, 4.69) is 0 Å². The molecular weight excluding hydrogens is 206 g/mol. The molecule has 90 valence electrons. The van der Waals surface area contributed by atoms with E-state index in [1.165, 1.54) is 7.11 Å². The van der Waals surface area contributed by atoms with Crippen molar-refractivity contribution in [3.8, 4) is 0 Å². The van der Waals surface area contributed by atoms with Crippen LogP contribution in [-0.4, -0.2) is 36.5 Å². The molecule has 1 amide bonds. The molecule has 2 heterocycles. The second-order valence-corrected chi connectivity index (χ2v) is 5.50. The standard InChI is InChI=1S/C12H19NO3/c1-12(2)6-9-5-4-8(10(14)16-3)7-13(9)11(12)15/h8-9H,4-7H2,1-3H3/t8-,9+/m0/s1. The minimum absolute atomic E-state index is 0.126. The summed E-state index contributed by atoms with van der Waals surface area (Å²) in [6.45, 7) is 4.52. The summed E-state index contributed by atoms with van der Waals surface area (Å²) in [5.74, 6) is -0.124. The number of hydrogen-bond donors (Lipinski definition) is 0. The average molecular weight is 225 g/mol. The molecule has 4 heteroatoms. The maximum Gasteiger partial charge on any atom is 0.310 e. The van der Waals surface area contributed by atoms with Gasteiger partial charge in [-0.1, -0.05) is 13.8 Å². The third-order valence-corrected chi connectivity index (χ3v) is 3.83. The average Bonchev–Trinajstić information content (AvgIpc) is 2.48. The molecule has 2 fully saturated rings. The van der Waals surface area contributed by atoms with Crippen molar-refractivity contribution in [2.75, 3.05) is 13.7 Å². The molecule has 2 aliphatic rings. The number of hydrogen-bond acceptors (Lipinski definition) is 3. The van der Waals surface area contributed by atoms with E-state index in [9.17, 15) is 9.59 Å². The lowest BCUT2D eigenvalue weighted by Gasteiger charge is -2.33. The Balaban J connectivity index is 2.10. The van der Waals surface area contributed by atoms with Crippen LogP contribution in [0.15, 0.2) is 0 Å². The first-order valence-corrected chi connectivity index (χ1v) is 5.84. The van der Waals surface area contributed by atoms with Crippen molar-refractivity contribution >= 4 is 11.9 Å². The number of nitrogens with zero attached hydrogens (tertiary/aromatic N) is 1. The van der Waals surface area contributed by atoms with E-state index in [1.807, 2.05) is 18.7 Å². The molecule has 0 unspecified atom stereocenters. The molecule has 0 radical (unpaired) electrons. The van der Waals surface area contributed by atoms with Crippen LogP contribution in [0.3, 0.4) is 0 Å². The van der Waals surface area contributed by atoms with Crippen molar-refractivity contribution in [3.05, 3.63) is 0 Å². The Bertz CT molecular complexity index is 324. The van der Waals surface area contributed by atoms with Crippen molar-refractivity contribution in [1.29, 1.82) is 0 Å². The lowest BCUT2D eigenvalue weighted by molar-refractivity contribution is -0.149. The molecule has 0 saturated carbocycles. The Morgan fingerprint density at radius 1 is 1.44 bits per heavy atom. The number of piperidine rings is 1. The SMILES string of the molecule is COC(=O)[C@H]1CC[C@@H]2CC(C)(C)C(=O)N2C1. The van der Waals surface area contributed by atoms with E-state index in [0.29, 0.717) is 12.6 Å². The normalized spacial score (nSPS) is 32.4. The molecule has 0 aliphatic carbocycles. The Kier molecular flexibility index (Phi) is 2.68. The molecule has 0 aromatic carbocycles. The topological polar surface area (TPSA) is 46.6 Å². The summed E-state index contributed by atoms with van der Waals surface area (Å²) in [5.41, 5.74) is -0.254. The van der Waals surface area contributed by atoms with Crippen LogP contribution in [0.2, 0.25) is 0 Å². The van der Waals surface area contributed by atoms with Crippen molar-refractivity contribution in [3.63, 3.8) is 0 Å². The zero-order valence-electron chi connectivity index (χ0n) is 10.2. The minimum atomic E-state index is -0.254. The van der Waals surface area contributed by atoms with Crippen LogP contribution >= 0.6 is 0 Å². The van der Waals surface area contributed by atoms with Crippen molar-refractivity contribution in [2.45, 2.75) is 39.2 Å². The molecule has 0 aromatic heterocycles. The summed E-state index contributed by atoms with van der Waals surface area (Å²) in [5, 5.41) is 0. The number of methoxy groups -OCH3 is 1. The third kappa shape index (κ3) is 1.70. The molecule has 0 aromatic rings.